The second-order valence-corrected chi connectivity index (χ2v) is 14.6. The molecule has 53 heavy (non-hydrogen) atoms. The monoisotopic (exact) mass is 731 g/mol. The molecule has 0 aromatic heterocycles. The maximum absolute atomic E-state index is 14.1. The summed E-state index contributed by atoms with van der Waals surface area (Å²) in [5.74, 6) is -1.00. The van der Waals surface area contributed by atoms with Crippen molar-refractivity contribution in [1.29, 1.82) is 0 Å². The molecule has 12 nitrogen and oxygen atoms in total. The van der Waals surface area contributed by atoms with Crippen LogP contribution >= 0.6 is 0 Å². The lowest BCUT2D eigenvalue weighted by Gasteiger charge is -2.29. The molecule has 2 fully saturated rings. The Kier molecular flexibility index (Phi) is 13.4. The standard InChI is InChI=1S/C41H53N3O9/c1-41(2)52-27-33(53-41)26-51-40(48)42-35(23-28-8-4-3-5-9-28)36(45)25-31(39(47)43-38-34-11-7-6-10-30(34)24-37(38)46)22-29-12-14-32(15-13-29)50-21-18-44-16-19-49-20-17-44/h3-15,31,33,35-38,45-46H,16-27H2,1-2H3,(H,42,48)(H,43,47)/t31-,33?,35+,36+,37-,38+/m1/s1. The molecule has 2 saturated heterocycles. The zero-order chi connectivity index (χ0) is 37.2. The average molecular weight is 732 g/mol. The first-order valence-electron chi connectivity index (χ1n) is 18.7. The van der Waals surface area contributed by atoms with Crippen LogP contribution in [0.1, 0.15) is 48.6 Å². The van der Waals surface area contributed by atoms with Crippen LogP contribution in [0, 0.1) is 5.92 Å². The molecule has 3 aliphatic rings. The van der Waals surface area contributed by atoms with Crippen LogP contribution in [0.5, 0.6) is 5.75 Å². The highest BCUT2D eigenvalue weighted by Crippen LogP contribution is 2.32. The predicted octanol–water partition coefficient (Wildman–Crippen LogP) is 3.57. The second-order valence-electron chi connectivity index (χ2n) is 14.6. The van der Waals surface area contributed by atoms with Gasteiger partial charge in [-0.25, -0.2) is 4.79 Å². The third-order valence-corrected chi connectivity index (χ3v) is 10.1. The first kappa shape index (κ1) is 38.7. The Hall–Kier alpha value is -4.04. The fourth-order valence-corrected chi connectivity index (χ4v) is 7.24. The maximum Gasteiger partial charge on any atom is 0.407 e. The molecule has 0 saturated carbocycles. The first-order valence-corrected chi connectivity index (χ1v) is 18.7. The van der Waals surface area contributed by atoms with Gasteiger partial charge in [-0.3, -0.25) is 9.69 Å². The number of aliphatic hydroxyl groups is 2. The number of alkyl carbamates (subject to hydrolysis) is 1. The van der Waals surface area contributed by atoms with Gasteiger partial charge in [-0.05, 0) is 67.5 Å². The highest BCUT2D eigenvalue weighted by atomic mass is 16.7. The van der Waals surface area contributed by atoms with E-state index in [2.05, 4.69) is 15.5 Å². The number of fused-ring (bicyclic) bond motifs is 1. The van der Waals surface area contributed by atoms with E-state index in [4.69, 9.17) is 23.7 Å². The zero-order valence-corrected chi connectivity index (χ0v) is 30.7. The molecule has 6 atom stereocenters. The highest BCUT2D eigenvalue weighted by molar-refractivity contribution is 5.80. The Balaban J connectivity index is 1.14. The molecule has 1 unspecified atom stereocenters. The molecule has 4 N–H and O–H groups in total. The largest absolute Gasteiger partial charge is 0.492 e. The van der Waals surface area contributed by atoms with E-state index in [0.29, 0.717) is 32.5 Å². The van der Waals surface area contributed by atoms with Gasteiger partial charge in [0.2, 0.25) is 5.91 Å². The molecule has 12 heteroatoms. The summed E-state index contributed by atoms with van der Waals surface area (Å²) in [4.78, 5) is 29.5. The summed E-state index contributed by atoms with van der Waals surface area (Å²) in [5.41, 5.74) is 3.67. The van der Waals surface area contributed by atoms with Crippen molar-refractivity contribution in [1.82, 2.24) is 15.5 Å². The number of nitrogens with one attached hydrogen (secondary N) is 2. The molecule has 0 spiro atoms. The fourth-order valence-electron chi connectivity index (χ4n) is 7.24. The minimum Gasteiger partial charge on any atom is -0.492 e. The van der Waals surface area contributed by atoms with Gasteiger partial charge < -0.3 is 44.5 Å². The summed E-state index contributed by atoms with van der Waals surface area (Å²) in [6, 6.07) is 23.6. The summed E-state index contributed by atoms with van der Waals surface area (Å²) in [5, 5.41) is 28.7. The van der Waals surface area contributed by atoms with Crippen molar-refractivity contribution in [2.45, 2.75) is 75.7 Å². The van der Waals surface area contributed by atoms with Gasteiger partial charge in [-0.1, -0.05) is 66.7 Å². The number of benzene rings is 3. The minimum absolute atomic E-state index is 0.00738. The summed E-state index contributed by atoms with van der Waals surface area (Å²) in [6.07, 6.45) is -1.87. The van der Waals surface area contributed by atoms with Crippen LogP contribution in [0.15, 0.2) is 78.9 Å². The zero-order valence-electron chi connectivity index (χ0n) is 30.7. The van der Waals surface area contributed by atoms with E-state index in [0.717, 1.165) is 60.9 Å². The van der Waals surface area contributed by atoms with Crippen molar-refractivity contribution < 1.29 is 43.5 Å². The summed E-state index contributed by atoms with van der Waals surface area (Å²) in [7, 11) is 0. The molecule has 3 aromatic rings. The van der Waals surface area contributed by atoms with Crippen molar-refractivity contribution in [3.63, 3.8) is 0 Å². The number of nitrogens with zero attached hydrogens (tertiary/aromatic N) is 1. The van der Waals surface area contributed by atoms with E-state index in [1.807, 2.05) is 78.9 Å². The lowest BCUT2D eigenvalue weighted by atomic mass is 9.88. The lowest BCUT2D eigenvalue weighted by Crippen LogP contribution is -2.48. The Labute approximate surface area is 311 Å². The van der Waals surface area contributed by atoms with Crippen molar-refractivity contribution >= 4 is 12.0 Å². The summed E-state index contributed by atoms with van der Waals surface area (Å²) < 4.78 is 28.3. The van der Waals surface area contributed by atoms with Crippen LogP contribution < -0.4 is 15.4 Å². The highest BCUT2D eigenvalue weighted by Gasteiger charge is 2.36. The maximum atomic E-state index is 14.1. The number of carbonyl (C=O) groups excluding carboxylic acids is 2. The number of carbonyl (C=O) groups is 2. The quantitative estimate of drug-likeness (QED) is 0.173. The van der Waals surface area contributed by atoms with Crippen LogP contribution in [-0.2, 0) is 43.0 Å². The van der Waals surface area contributed by atoms with Crippen LogP contribution in [0.25, 0.3) is 0 Å². The Morgan fingerprint density at radius 1 is 0.962 bits per heavy atom. The number of amides is 2. The van der Waals surface area contributed by atoms with Crippen molar-refractivity contribution in [2.75, 3.05) is 52.7 Å². The smallest absolute Gasteiger partial charge is 0.407 e. The normalized spacial score (nSPS) is 22.7. The van der Waals surface area contributed by atoms with Crippen molar-refractivity contribution in [3.05, 3.63) is 101 Å². The van der Waals surface area contributed by atoms with Crippen LogP contribution in [0.3, 0.4) is 0 Å². The number of morpholine rings is 1. The van der Waals surface area contributed by atoms with Gasteiger partial charge in [0.25, 0.3) is 0 Å². The molecule has 0 radical (unpaired) electrons. The van der Waals surface area contributed by atoms with Gasteiger partial charge in [-0.15, -0.1) is 0 Å². The molecule has 286 valence electrons. The van der Waals surface area contributed by atoms with Crippen LogP contribution in [0.4, 0.5) is 4.79 Å². The lowest BCUT2D eigenvalue weighted by molar-refractivity contribution is -0.142. The van der Waals surface area contributed by atoms with E-state index < -0.39 is 48.2 Å². The second kappa shape index (κ2) is 18.3. The van der Waals surface area contributed by atoms with Gasteiger partial charge in [0, 0.05) is 32.0 Å². The summed E-state index contributed by atoms with van der Waals surface area (Å²) in [6.45, 7) is 8.53. The fraction of sp³-hybridized carbons (Fsp3) is 0.512. The van der Waals surface area contributed by atoms with Gasteiger partial charge >= 0.3 is 6.09 Å². The molecule has 3 aromatic carbocycles. The minimum atomic E-state index is -1.12. The van der Waals surface area contributed by atoms with Gasteiger partial charge in [0.15, 0.2) is 5.79 Å². The molecular formula is C41H53N3O9. The molecule has 2 aliphatic heterocycles. The summed E-state index contributed by atoms with van der Waals surface area (Å²) >= 11 is 0. The third kappa shape index (κ3) is 11.2. The molecular weight excluding hydrogens is 678 g/mol. The number of hydrogen-bond donors (Lipinski definition) is 4. The predicted molar refractivity (Wildman–Crippen MR) is 197 cm³/mol. The molecule has 2 heterocycles. The topological polar surface area (TPSA) is 148 Å². The van der Waals surface area contributed by atoms with Gasteiger partial charge in [-0.2, -0.15) is 0 Å². The van der Waals surface area contributed by atoms with Gasteiger partial charge in [0.05, 0.1) is 44.1 Å². The van der Waals surface area contributed by atoms with E-state index in [1.165, 1.54) is 0 Å². The van der Waals surface area contributed by atoms with E-state index in [-0.39, 0.29) is 18.9 Å². The Bertz CT molecular complexity index is 1620. The first-order chi connectivity index (χ1) is 25.6. The van der Waals surface area contributed by atoms with E-state index in [1.54, 1.807) is 13.8 Å². The molecule has 0 bridgehead atoms. The average Bonchev–Trinajstić information content (AvgIpc) is 3.68. The Morgan fingerprint density at radius 2 is 1.68 bits per heavy atom. The van der Waals surface area contributed by atoms with E-state index >= 15 is 0 Å². The SMILES string of the molecule is CC1(C)OCC(COC(=O)N[C@@H](Cc2ccccc2)[C@@H](O)C[C@@H](Cc2ccc(OCCN3CCOCC3)cc2)C(=O)N[C@H]2c3ccccc3C[C@H]2O)O1. The third-order valence-electron chi connectivity index (χ3n) is 10.1. The van der Waals surface area contributed by atoms with E-state index in [9.17, 15) is 19.8 Å². The number of aliphatic hydroxyl groups excluding tert-OH is 2. The van der Waals surface area contributed by atoms with Gasteiger partial charge in [0.1, 0.15) is 25.1 Å². The number of rotatable bonds is 16. The van der Waals surface area contributed by atoms with Crippen molar-refractivity contribution in [2.24, 2.45) is 5.92 Å². The molecule has 2 amide bonds. The van der Waals surface area contributed by atoms with Crippen molar-refractivity contribution in [3.8, 4) is 5.75 Å². The van der Waals surface area contributed by atoms with Crippen LogP contribution in [0.2, 0.25) is 0 Å². The molecule has 1 aliphatic carbocycles. The molecule has 6 rings (SSSR count). The number of ether oxygens (including phenoxy) is 5. The van der Waals surface area contributed by atoms with Crippen LogP contribution in [-0.4, -0.2) is 110 Å². The number of hydrogen-bond acceptors (Lipinski definition) is 10. The Morgan fingerprint density at radius 3 is 2.42 bits per heavy atom.